The summed E-state index contributed by atoms with van der Waals surface area (Å²) in [5.41, 5.74) is 2.15. The number of benzene rings is 1. The Balaban J connectivity index is 1.40. The van der Waals surface area contributed by atoms with E-state index in [1.807, 2.05) is 16.7 Å². The summed E-state index contributed by atoms with van der Waals surface area (Å²) in [6.07, 6.45) is 2.86. The van der Waals surface area contributed by atoms with Crippen LogP contribution in [0.2, 0.25) is 5.02 Å². The van der Waals surface area contributed by atoms with Gasteiger partial charge in [0.15, 0.2) is 5.70 Å². The minimum atomic E-state index is -0.447. The second kappa shape index (κ2) is 6.63. The first-order valence-corrected chi connectivity index (χ1v) is 9.67. The van der Waals surface area contributed by atoms with E-state index < -0.39 is 5.97 Å². The lowest BCUT2D eigenvalue weighted by molar-refractivity contribution is -0.130. The van der Waals surface area contributed by atoms with Gasteiger partial charge in [-0.3, -0.25) is 4.79 Å². The number of pyridine rings is 1. The molecule has 6 nitrogen and oxygen atoms in total. The summed E-state index contributed by atoms with van der Waals surface area (Å²) in [7, 11) is 0. The van der Waals surface area contributed by atoms with Crippen LogP contribution in [0.3, 0.4) is 0 Å². The lowest BCUT2D eigenvalue weighted by Crippen LogP contribution is -2.45. The molecule has 0 N–H and O–H groups in total. The largest absolute Gasteiger partial charge is 0.402 e. The number of esters is 1. The summed E-state index contributed by atoms with van der Waals surface area (Å²) in [5, 5.41) is 0.615. The Morgan fingerprint density at radius 1 is 1.07 bits per heavy atom. The highest BCUT2D eigenvalue weighted by Crippen LogP contribution is 2.35. The van der Waals surface area contributed by atoms with Gasteiger partial charge in [0.05, 0.1) is 0 Å². The monoisotopic (exact) mass is 395 g/mol. The van der Waals surface area contributed by atoms with Crippen LogP contribution in [0.25, 0.3) is 0 Å². The van der Waals surface area contributed by atoms with E-state index in [0.717, 1.165) is 31.7 Å². The fraction of sp³-hybridized carbons (Fsp3) is 0.286. The predicted octanol–water partition coefficient (Wildman–Crippen LogP) is 2.77. The number of ether oxygens (including phenoxy) is 1. The summed E-state index contributed by atoms with van der Waals surface area (Å²) < 4.78 is 7.23. The summed E-state index contributed by atoms with van der Waals surface area (Å²) in [6.45, 7) is 2.26. The highest BCUT2D eigenvalue weighted by molar-refractivity contribution is 6.30. The Bertz CT molecular complexity index is 1070. The molecule has 7 heteroatoms. The molecule has 2 unspecified atom stereocenters. The fourth-order valence-electron chi connectivity index (χ4n) is 4.33. The average molecular weight is 396 g/mol. The molecular formula is C21H18ClN3O3. The molecule has 0 saturated carbocycles. The van der Waals surface area contributed by atoms with E-state index in [0.29, 0.717) is 28.1 Å². The van der Waals surface area contributed by atoms with Crippen molar-refractivity contribution in [2.24, 2.45) is 10.9 Å². The standard InChI is InChI=1S/C21H18ClN3O3/c22-16-6-4-14(5-7-16)20-23-17(21(27)28-20)12-24-9-13-8-15(11-24)18-2-1-3-19(26)25(18)10-13/h1-7,12-13,15H,8-11H2/b17-12+. The SMILES string of the molecule is O=C1OC(c2ccc(Cl)cc2)=N/C1=C/N1CC2CC(C1)c1cccc(=O)n1C2. The first-order valence-electron chi connectivity index (χ1n) is 9.29. The van der Waals surface area contributed by atoms with Gasteiger partial charge in [0.2, 0.25) is 5.90 Å². The Morgan fingerprint density at radius 3 is 2.71 bits per heavy atom. The van der Waals surface area contributed by atoms with Crippen LogP contribution in [-0.2, 0) is 16.1 Å². The van der Waals surface area contributed by atoms with Crippen LogP contribution >= 0.6 is 11.6 Å². The molecule has 1 fully saturated rings. The number of aliphatic imine (C=N–C) groups is 1. The average Bonchev–Trinajstić information content (AvgIpc) is 3.04. The summed E-state index contributed by atoms with van der Waals surface area (Å²) >= 11 is 5.91. The van der Waals surface area contributed by atoms with Gasteiger partial charge in [-0.1, -0.05) is 17.7 Å². The zero-order valence-corrected chi connectivity index (χ0v) is 15.8. The number of carbonyl (C=O) groups excluding carboxylic acids is 1. The van der Waals surface area contributed by atoms with E-state index >= 15 is 0 Å². The van der Waals surface area contributed by atoms with Crippen molar-refractivity contribution in [3.05, 3.63) is 81.0 Å². The van der Waals surface area contributed by atoms with Crippen LogP contribution in [0.4, 0.5) is 0 Å². The zero-order valence-electron chi connectivity index (χ0n) is 15.0. The number of halogens is 1. The van der Waals surface area contributed by atoms with Gasteiger partial charge in [-0.05, 0) is 42.7 Å². The Hall–Kier alpha value is -2.86. The van der Waals surface area contributed by atoms with Crippen molar-refractivity contribution in [2.45, 2.75) is 18.9 Å². The molecule has 1 aromatic carbocycles. The first kappa shape index (κ1) is 17.3. The van der Waals surface area contributed by atoms with Gasteiger partial charge in [0.1, 0.15) is 0 Å². The fourth-order valence-corrected chi connectivity index (χ4v) is 4.45. The van der Waals surface area contributed by atoms with E-state index in [-0.39, 0.29) is 11.5 Å². The van der Waals surface area contributed by atoms with Crippen LogP contribution in [0.5, 0.6) is 0 Å². The number of piperidine rings is 1. The van der Waals surface area contributed by atoms with Crippen molar-refractivity contribution in [1.29, 1.82) is 0 Å². The number of likely N-dealkylation sites (tertiary alicyclic amines) is 1. The lowest BCUT2D eigenvalue weighted by atomic mass is 9.83. The van der Waals surface area contributed by atoms with Crippen molar-refractivity contribution in [3.8, 4) is 0 Å². The summed E-state index contributed by atoms with van der Waals surface area (Å²) in [4.78, 5) is 30.9. The van der Waals surface area contributed by atoms with Crippen molar-refractivity contribution in [2.75, 3.05) is 13.1 Å². The molecule has 4 heterocycles. The van der Waals surface area contributed by atoms with Crippen LogP contribution in [0, 0.1) is 5.92 Å². The number of rotatable bonds is 2. The molecule has 28 heavy (non-hydrogen) atoms. The van der Waals surface area contributed by atoms with Crippen LogP contribution in [0.15, 0.2) is 64.1 Å². The van der Waals surface area contributed by atoms with Gasteiger partial charge >= 0.3 is 5.97 Å². The summed E-state index contributed by atoms with van der Waals surface area (Å²) in [6, 6.07) is 12.5. The van der Waals surface area contributed by atoms with Crippen LogP contribution in [-0.4, -0.2) is 34.4 Å². The number of hydrogen-bond acceptors (Lipinski definition) is 5. The zero-order chi connectivity index (χ0) is 19.3. The number of carbonyl (C=O) groups is 1. The third-order valence-electron chi connectivity index (χ3n) is 5.52. The van der Waals surface area contributed by atoms with E-state index in [9.17, 15) is 9.59 Å². The van der Waals surface area contributed by atoms with Gasteiger partial charge in [-0.15, -0.1) is 0 Å². The molecule has 0 aliphatic carbocycles. The van der Waals surface area contributed by atoms with E-state index in [4.69, 9.17) is 16.3 Å². The van der Waals surface area contributed by atoms with Gasteiger partial charge in [-0.25, -0.2) is 9.79 Å². The maximum atomic E-state index is 12.3. The molecule has 2 aromatic rings. The van der Waals surface area contributed by atoms with Crippen LogP contribution in [0.1, 0.15) is 23.6 Å². The molecule has 0 spiro atoms. The molecule has 0 radical (unpaired) electrons. The molecule has 2 atom stereocenters. The van der Waals surface area contributed by atoms with Crippen LogP contribution < -0.4 is 5.56 Å². The molecule has 142 valence electrons. The van der Waals surface area contributed by atoms with Gasteiger partial charge in [-0.2, -0.15) is 0 Å². The van der Waals surface area contributed by atoms with Gasteiger partial charge < -0.3 is 14.2 Å². The van der Waals surface area contributed by atoms with Crippen molar-refractivity contribution in [3.63, 3.8) is 0 Å². The third-order valence-corrected chi connectivity index (χ3v) is 5.78. The topological polar surface area (TPSA) is 63.9 Å². The molecule has 3 aliphatic heterocycles. The molecule has 1 aromatic heterocycles. The van der Waals surface area contributed by atoms with Gasteiger partial charge in [0.25, 0.3) is 5.56 Å². The Kier molecular flexibility index (Phi) is 4.09. The van der Waals surface area contributed by atoms with E-state index in [1.54, 1.807) is 36.5 Å². The number of cyclic esters (lactones) is 1. The second-order valence-electron chi connectivity index (χ2n) is 7.48. The molecule has 0 amide bonds. The minimum Gasteiger partial charge on any atom is -0.402 e. The van der Waals surface area contributed by atoms with Crippen molar-refractivity contribution < 1.29 is 9.53 Å². The highest BCUT2D eigenvalue weighted by Gasteiger charge is 2.34. The minimum absolute atomic E-state index is 0.0654. The smallest absolute Gasteiger partial charge is 0.365 e. The first-order chi connectivity index (χ1) is 13.6. The Labute approximate surface area is 166 Å². The molecule has 2 bridgehead atoms. The molecule has 3 aliphatic rings. The second-order valence-corrected chi connectivity index (χ2v) is 7.92. The lowest BCUT2D eigenvalue weighted by Gasteiger charge is -2.42. The number of aromatic nitrogens is 1. The third kappa shape index (κ3) is 3.03. The molecule has 5 rings (SSSR count). The number of nitrogens with zero attached hydrogens (tertiary/aromatic N) is 3. The molecular weight excluding hydrogens is 378 g/mol. The van der Waals surface area contributed by atoms with E-state index in [1.165, 1.54) is 0 Å². The summed E-state index contributed by atoms with van der Waals surface area (Å²) in [5.74, 6) is 0.495. The normalized spacial score (nSPS) is 24.8. The highest BCUT2D eigenvalue weighted by atomic mass is 35.5. The molecule has 1 saturated heterocycles. The van der Waals surface area contributed by atoms with Crippen molar-refractivity contribution >= 4 is 23.5 Å². The maximum Gasteiger partial charge on any atom is 0.365 e. The predicted molar refractivity (Wildman–Crippen MR) is 105 cm³/mol. The maximum absolute atomic E-state index is 12.3. The number of hydrogen-bond donors (Lipinski definition) is 0. The van der Waals surface area contributed by atoms with E-state index in [2.05, 4.69) is 9.89 Å². The quantitative estimate of drug-likeness (QED) is 0.579. The Morgan fingerprint density at radius 2 is 1.89 bits per heavy atom. The number of fused-ring (bicyclic) bond motifs is 4. The van der Waals surface area contributed by atoms with Crippen molar-refractivity contribution in [1.82, 2.24) is 9.47 Å². The van der Waals surface area contributed by atoms with Gasteiger partial charge in [0, 0.05) is 54.1 Å².